The number of nitrogens with zero attached hydrogens (tertiary/aromatic N) is 1. The first-order valence-electron chi connectivity index (χ1n) is 9.74. The number of amides is 2. The molecule has 2 N–H and O–H groups in total. The smallest absolute Gasteiger partial charge is 0.324 e. The lowest BCUT2D eigenvalue weighted by atomic mass is 10.2. The number of hydrogen-bond donors (Lipinski definition) is 2. The zero-order chi connectivity index (χ0) is 21.7. The Morgan fingerprint density at radius 2 is 1.60 bits per heavy atom. The van der Waals surface area contributed by atoms with E-state index in [0.717, 1.165) is 5.56 Å². The van der Waals surface area contributed by atoms with Crippen LogP contribution in [0.4, 0.5) is 16.2 Å². The molecule has 0 saturated carbocycles. The number of hydrogen-bond acceptors (Lipinski definition) is 5. The molecule has 1 heterocycles. The van der Waals surface area contributed by atoms with E-state index in [-0.39, 0.29) is 18.0 Å². The summed E-state index contributed by atoms with van der Waals surface area (Å²) < 4.78 is 32.1. The molecule has 0 aliphatic carbocycles. The minimum Gasteiger partial charge on any atom is -0.465 e. The minimum absolute atomic E-state index is 0.0585. The summed E-state index contributed by atoms with van der Waals surface area (Å²) in [5, 5.41) is 5.37. The van der Waals surface area contributed by atoms with Gasteiger partial charge in [0.05, 0.1) is 11.5 Å². The van der Waals surface area contributed by atoms with Crippen LogP contribution >= 0.6 is 0 Å². The van der Waals surface area contributed by atoms with E-state index < -0.39 is 28.1 Å². The van der Waals surface area contributed by atoms with Crippen LogP contribution in [0.1, 0.15) is 25.3 Å². The van der Waals surface area contributed by atoms with Crippen molar-refractivity contribution < 1.29 is 22.7 Å². The van der Waals surface area contributed by atoms with E-state index >= 15 is 0 Å². The van der Waals surface area contributed by atoms with Gasteiger partial charge >= 0.3 is 12.0 Å². The monoisotopic (exact) mass is 431 g/mol. The van der Waals surface area contributed by atoms with E-state index in [4.69, 9.17) is 4.74 Å². The Labute approximate surface area is 176 Å². The number of aryl methyl sites for hydroxylation is 1. The Hall–Kier alpha value is -2.91. The number of esters is 1. The van der Waals surface area contributed by atoms with Crippen molar-refractivity contribution in [1.29, 1.82) is 0 Å². The molecule has 9 heteroatoms. The fraction of sp³-hybridized carbons (Fsp3) is 0.333. The molecule has 0 spiro atoms. The molecule has 3 rings (SSSR count). The number of carbonyl (C=O) groups is 2. The summed E-state index contributed by atoms with van der Waals surface area (Å²) in [5.41, 5.74) is 2.18. The average Bonchev–Trinajstić information content (AvgIpc) is 3.21. The number of ether oxygens (including phenoxy) is 1. The van der Waals surface area contributed by atoms with Gasteiger partial charge < -0.3 is 15.4 Å². The molecular formula is C21H25N3O5S. The third-order valence-corrected chi connectivity index (χ3v) is 6.71. The molecule has 1 fully saturated rings. The quantitative estimate of drug-likeness (QED) is 0.683. The zero-order valence-corrected chi connectivity index (χ0v) is 17.7. The Balaban J connectivity index is 1.67. The maximum atomic E-state index is 13.0. The zero-order valence-electron chi connectivity index (χ0n) is 16.9. The van der Waals surface area contributed by atoms with E-state index in [1.807, 2.05) is 19.1 Å². The first-order valence-corrected chi connectivity index (χ1v) is 11.2. The summed E-state index contributed by atoms with van der Waals surface area (Å²) >= 11 is 0. The van der Waals surface area contributed by atoms with Crippen LogP contribution in [0, 0.1) is 6.92 Å². The highest BCUT2D eigenvalue weighted by atomic mass is 32.2. The van der Waals surface area contributed by atoms with Crippen LogP contribution in [0.3, 0.4) is 0 Å². The van der Waals surface area contributed by atoms with Crippen LogP contribution in [-0.4, -0.2) is 43.9 Å². The number of carbonyl (C=O) groups excluding carboxylic acids is 2. The van der Waals surface area contributed by atoms with Gasteiger partial charge in [0.2, 0.25) is 10.0 Å². The Morgan fingerprint density at radius 1 is 1.03 bits per heavy atom. The van der Waals surface area contributed by atoms with Crippen LogP contribution in [0.25, 0.3) is 0 Å². The topological polar surface area (TPSA) is 105 Å². The molecule has 0 unspecified atom stereocenters. The molecule has 2 amide bonds. The fourth-order valence-electron chi connectivity index (χ4n) is 3.28. The van der Waals surface area contributed by atoms with Gasteiger partial charge in [0.15, 0.2) is 0 Å². The van der Waals surface area contributed by atoms with Gasteiger partial charge in [-0.05, 0) is 63.1 Å². The second-order valence-corrected chi connectivity index (χ2v) is 8.89. The normalized spacial score (nSPS) is 16.8. The lowest BCUT2D eigenvalue weighted by Crippen LogP contribution is -2.41. The molecule has 1 aliphatic heterocycles. The lowest BCUT2D eigenvalue weighted by molar-refractivity contribution is -0.146. The Morgan fingerprint density at radius 3 is 2.17 bits per heavy atom. The average molecular weight is 432 g/mol. The predicted octanol–water partition coefficient (Wildman–Crippen LogP) is 3.36. The van der Waals surface area contributed by atoms with Crippen molar-refractivity contribution in [2.45, 2.75) is 37.6 Å². The fourth-order valence-corrected chi connectivity index (χ4v) is 4.92. The number of nitrogens with one attached hydrogen (secondary N) is 2. The maximum Gasteiger partial charge on any atom is 0.324 e. The van der Waals surface area contributed by atoms with Crippen molar-refractivity contribution in [3.05, 3.63) is 54.1 Å². The molecule has 160 valence electrons. The molecule has 0 bridgehead atoms. The molecule has 1 aliphatic rings. The largest absolute Gasteiger partial charge is 0.465 e. The van der Waals surface area contributed by atoms with E-state index in [1.165, 1.54) is 28.6 Å². The standard InChI is InChI=1S/C21H25N3O5S/c1-3-29-20(25)19-5-4-14-24(19)30(27,28)18-12-10-17(11-13-18)23-21(26)22-16-8-6-15(2)7-9-16/h6-13,19H,3-5,14H2,1-2H3,(H2,22,23,26)/t19-/m1/s1. The van der Waals surface area contributed by atoms with E-state index in [2.05, 4.69) is 10.6 Å². The van der Waals surface area contributed by atoms with Crippen molar-refractivity contribution in [3.8, 4) is 0 Å². The SMILES string of the molecule is CCOC(=O)[C@H]1CCCN1S(=O)(=O)c1ccc(NC(=O)Nc2ccc(C)cc2)cc1. The van der Waals surface area contributed by atoms with Crippen LogP contribution in [0.15, 0.2) is 53.4 Å². The second kappa shape index (κ2) is 9.27. The molecular weight excluding hydrogens is 406 g/mol. The molecule has 0 radical (unpaired) electrons. The molecule has 30 heavy (non-hydrogen) atoms. The van der Waals surface area contributed by atoms with Crippen LogP contribution in [0.5, 0.6) is 0 Å². The first kappa shape index (κ1) is 21.8. The summed E-state index contributed by atoms with van der Waals surface area (Å²) in [6, 6.07) is 12.0. The Bertz CT molecular complexity index is 1000. The van der Waals surface area contributed by atoms with Crippen molar-refractivity contribution in [2.24, 2.45) is 0 Å². The Kier molecular flexibility index (Phi) is 6.73. The van der Waals surface area contributed by atoms with Gasteiger partial charge in [0.1, 0.15) is 6.04 Å². The molecule has 1 saturated heterocycles. The third-order valence-electron chi connectivity index (χ3n) is 4.79. The van der Waals surface area contributed by atoms with Gasteiger partial charge in [-0.15, -0.1) is 0 Å². The molecule has 1 atom stereocenters. The van der Waals surface area contributed by atoms with Gasteiger partial charge in [0, 0.05) is 17.9 Å². The number of anilines is 2. The van der Waals surface area contributed by atoms with Crippen molar-refractivity contribution in [3.63, 3.8) is 0 Å². The van der Waals surface area contributed by atoms with Gasteiger partial charge in [-0.25, -0.2) is 13.2 Å². The predicted molar refractivity (Wildman–Crippen MR) is 114 cm³/mol. The second-order valence-electron chi connectivity index (χ2n) is 7.00. The lowest BCUT2D eigenvalue weighted by Gasteiger charge is -2.22. The minimum atomic E-state index is -3.84. The summed E-state index contributed by atoms with van der Waals surface area (Å²) in [6.07, 6.45) is 1.04. The van der Waals surface area contributed by atoms with Gasteiger partial charge in [-0.1, -0.05) is 17.7 Å². The summed E-state index contributed by atoms with van der Waals surface area (Å²) in [5.74, 6) is -0.523. The summed E-state index contributed by atoms with van der Waals surface area (Å²) in [4.78, 5) is 24.3. The van der Waals surface area contributed by atoms with E-state index in [0.29, 0.717) is 24.2 Å². The van der Waals surface area contributed by atoms with E-state index in [9.17, 15) is 18.0 Å². The summed E-state index contributed by atoms with van der Waals surface area (Å²) in [6.45, 7) is 4.11. The molecule has 2 aromatic rings. The van der Waals surface area contributed by atoms with Gasteiger partial charge in [-0.3, -0.25) is 4.79 Å². The van der Waals surface area contributed by atoms with Gasteiger partial charge in [0.25, 0.3) is 0 Å². The first-order chi connectivity index (χ1) is 14.3. The van der Waals surface area contributed by atoms with Gasteiger partial charge in [-0.2, -0.15) is 4.31 Å². The van der Waals surface area contributed by atoms with Crippen LogP contribution < -0.4 is 10.6 Å². The molecule has 2 aromatic carbocycles. The van der Waals surface area contributed by atoms with Crippen molar-refractivity contribution >= 4 is 33.4 Å². The maximum absolute atomic E-state index is 13.0. The number of rotatable bonds is 6. The highest BCUT2D eigenvalue weighted by Crippen LogP contribution is 2.27. The number of urea groups is 1. The van der Waals surface area contributed by atoms with Crippen molar-refractivity contribution in [2.75, 3.05) is 23.8 Å². The number of sulfonamides is 1. The van der Waals surface area contributed by atoms with Crippen molar-refractivity contribution in [1.82, 2.24) is 4.31 Å². The van der Waals surface area contributed by atoms with Crippen LogP contribution in [-0.2, 0) is 19.6 Å². The van der Waals surface area contributed by atoms with Crippen LogP contribution in [0.2, 0.25) is 0 Å². The highest BCUT2D eigenvalue weighted by molar-refractivity contribution is 7.89. The number of benzene rings is 2. The summed E-state index contributed by atoms with van der Waals surface area (Å²) in [7, 11) is -3.84. The highest BCUT2D eigenvalue weighted by Gasteiger charge is 2.40. The molecule has 0 aromatic heterocycles. The third kappa shape index (κ3) is 4.98. The molecule has 8 nitrogen and oxygen atoms in total. The van der Waals surface area contributed by atoms with E-state index in [1.54, 1.807) is 19.1 Å².